The molecule has 0 aliphatic rings. The quantitative estimate of drug-likeness (QED) is 0.626. The van der Waals surface area contributed by atoms with Crippen LogP contribution in [0.15, 0.2) is 51.6 Å². The van der Waals surface area contributed by atoms with E-state index in [2.05, 4.69) is 31.1 Å². The highest BCUT2D eigenvalue weighted by Gasteiger charge is 2.20. The van der Waals surface area contributed by atoms with E-state index < -0.39 is 12.1 Å². The first kappa shape index (κ1) is 16.3. The lowest BCUT2D eigenvalue weighted by Crippen LogP contribution is -2.10. The van der Waals surface area contributed by atoms with Gasteiger partial charge in [-0.05, 0) is 53.2 Å². The van der Waals surface area contributed by atoms with Crippen molar-refractivity contribution in [1.82, 2.24) is 15.2 Å². The number of pyridine rings is 1. The maximum atomic E-state index is 12.9. The number of nitrogens with zero attached hydrogens (tertiary/aromatic N) is 3. The number of esters is 1. The predicted molar refractivity (Wildman–Crippen MR) is 85.5 cm³/mol. The lowest BCUT2D eigenvalue weighted by Gasteiger charge is -2.09. The van der Waals surface area contributed by atoms with Gasteiger partial charge in [0.05, 0.1) is 5.56 Å². The molecule has 0 amide bonds. The standard InChI is InChI=1S/C16H11BrFN3O3/c1-9(23-16(22)11-6-12(17)8-19-7-11)14-20-21-15(24-14)10-2-4-13(18)5-3-10/h2-9H,1H3/t9-/m0/s1. The number of carbonyl (C=O) groups excluding carboxylic acids is 1. The topological polar surface area (TPSA) is 78.1 Å². The van der Waals surface area contributed by atoms with Gasteiger partial charge in [-0.2, -0.15) is 0 Å². The molecule has 0 spiro atoms. The summed E-state index contributed by atoms with van der Waals surface area (Å²) in [6.45, 7) is 1.62. The molecule has 0 aliphatic heterocycles. The summed E-state index contributed by atoms with van der Waals surface area (Å²) in [6.07, 6.45) is 2.23. The van der Waals surface area contributed by atoms with Gasteiger partial charge in [0, 0.05) is 22.4 Å². The zero-order chi connectivity index (χ0) is 17.1. The molecule has 6 nitrogen and oxygen atoms in total. The second-order valence-corrected chi connectivity index (χ2v) is 5.81. The van der Waals surface area contributed by atoms with Crippen LogP contribution in [0.2, 0.25) is 0 Å². The maximum Gasteiger partial charge on any atom is 0.340 e. The van der Waals surface area contributed by atoms with Crippen molar-refractivity contribution in [2.24, 2.45) is 0 Å². The molecule has 0 saturated heterocycles. The Bertz CT molecular complexity index is 867. The summed E-state index contributed by atoms with van der Waals surface area (Å²) < 4.78 is 24.4. The van der Waals surface area contributed by atoms with Crippen molar-refractivity contribution in [2.45, 2.75) is 13.0 Å². The van der Waals surface area contributed by atoms with E-state index >= 15 is 0 Å². The summed E-state index contributed by atoms with van der Waals surface area (Å²) in [4.78, 5) is 16.0. The number of halogens is 2. The number of benzene rings is 1. The smallest absolute Gasteiger partial charge is 0.340 e. The molecule has 0 fully saturated rings. The van der Waals surface area contributed by atoms with Gasteiger partial charge in [-0.1, -0.05) is 0 Å². The molecule has 0 aliphatic carbocycles. The highest BCUT2D eigenvalue weighted by atomic mass is 79.9. The lowest BCUT2D eigenvalue weighted by molar-refractivity contribution is 0.0279. The van der Waals surface area contributed by atoms with E-state index in [0.717, 1.165) is 0 Å². The molecule has 2 heterocycles. The second-order valence-electron chi connectivity index (χ2n) is 4.89. The number of carbonyl (C=O) groups is 1. The number of aromatic nitrogens is 3. The molecule has 2 aromatic heterocycles. The first-order valence-electron chi connectivity index (χ1n) is 6.94. The van der Waals surface area contributed by atoms with Crippen LogP contribution < -0.4 is 0 Å². The van der Waals surface area contributed by atoms with Crippen molar-refractivity contribution in [3.05, 3.63) is 64.5 Å². The van der Waals surface area contributed by atoms with Gasteiger partial charge in [0.1, 0.15) is 5.82 Å². The number of rotatable bonds is 4. The summed E-state index contributed by atoms with van der Waals surface area (Å²) in [6, 6.07) is 7.23. The average Bonchev–Trinajstić information content (AvgIpc) is 3.05. The lowest BCUT2D eigenvalue weighted by atomic mass is 10.2. The van der Waals surface area contributed by atoms with E-state index in [0.29, 0.717) is 15.6 Å². The second kappa shape index (κ2) is 6.88. The van der Waals surface area contributed by atoms with Crippen molar-refractivity contribution < 1.29 is 18.3 Å². The fourth-order valence-corrected chi connectivity index (χ4v) is 2.28. The Balaban J connectivity index is 1.73. The molecule has 0 unspecified atom stereocenters. The van der Waals surface area contributed by atoms with Crippen LogP contribution in [-0.4, -0.2) is 21.2 Å². The molecule has 0 radical (unpaired) electrons. The number of hydrogen-bond acceptors (Lipinski definition) is 6. The summed E-state index contributed by atoms with van der Waals surface area (Å²) in [5.74, 6) is -0.552. The molecule has 0 bridgehead atoms. The SMILES string of the molecule is C[C@H](OC(=O)c1cncc(Br)c1)c1nnc(-c2ccc(F)cc2)o1. The monoisotopic (exact) mass is 391 g/mol. The molecule has 24 heavy (non-hydrogen) atoms. The minimum atomic E-state index is -0.738. The summed E-state index contributed by atoms with van der Waals surface area (Å²) in [5, 5.41) is 7.75. The van der Waals surface area contributed by atoms with Gasteiger partial charge in [-0.25, -0.2) is 9.18 Å². The molecule has 3 rings (SSSR count). The van der Waals surface area contributed by atoms with E-state index in [1.807, 2.05) is 0 Å². The summed E-state index contributed by atoms with van der Waals surface area (Å²) >= 11 is 3.24. The Kier molecular flexibility index (Phi) is 4.66. The molecule has 122 valence electrons. The van der Waals surface area contributed by atoms with Crippen molar-refractivity contribution >= 4 is 21.9 Å². The van der Waals surface area contributed by atoms with Crippen molar-refractivity contribution in [3.63, 3.8) is 0 Å². The number of hydrogen-bond donors (Lipinski definition) is 0. The third-order valence-electron chi connectivity index (χ3n) is 3.10. The van der Waals surface area contributed by atoms with E-state index in [1.54, 1.807) is 19.2 Å². The van der Waals surface area contributed by atoms with Gasteiger partial charge in [-0.3, -0.25) is 4.98 Å². The summed E-state index contributed by atoms with van der Waals surface area (Å²) in [5.41, 5.74) is 0.874. The Morgan fingerprint density at radius 1 is 1.25 bits per heavy atom. The van der Waals surface area contributed by atoms with Crippen LogP contribution in [0.25, 0.3) is 11.5 Å². The van der Waals surface area contributed by atoms with Crippen LogP contribution in [0.5, 0.6) is 0 Å². The highest BCUT2D eigenvalue weighted by Crippen LogP contribution is 2.23. The fourth-order valence-electron chi connectivity index (χ4n) is 1.91. The van der Waals surface area contributed by atoms with Crippen LogP contribution in [0.1, 0.15) is 29.3 Å². The minimum Gasteiger partial charge on any atom is -0.449 e. The Hall–Kier alpha value is -2.61. The van der Waals surface area contributed by atoms with Crippen LogP contribution in [0, 0.1) is 5.82 Å². The van der Waals surface area contributed by atoms with Gasteiger partial charge in [0.15, 0.2) is 6.10 Å². The average molecular weight is 392 g/mol. The van der Waals surface area contributed by atoms with Crippen LogP contribution in [-0.2, 0) is 4.74 Å². The molecule has 0 saturated carbocycles. The minimum absolute atomic E-state index is 0.144. The van der Waals surface area contributed by atoms with Gasteiger partial charge < -0.3 is 9.15 Å². The van der Waals surface area contributed by atoms with Crippen LogP contribution >= 0.6 is 15.9 Å². The fraction of sp³-hybridized carbons (Fsp3) is 0.125. The van der Waals surface area contributed by atoms with E-state index in [-0.39, 0.29) is 17.6 Å². The van der Waals surface area contributed by atoms with E-state index in [4.69, 9.17) is 9.15 Å². The van der Waals surface area contributed by atoms with Gasteiger partial charge in [0.2, 0.25) is 5.89 Å². The molecular formula is C16H11BrFN3O3. The maximum absolute atomic E-state index is 12.9. The molecule has 3 aromatic rings. The van der Waals surface area contributed by atoms with E-state index in [1.165, 1.54) is 30.5 Å². The third-order valence-corrected chi connectivity index (χ3v) is 3.54. The first-order valence-corrected chi connectivity index (χ1v) is 7.73. The largest absolute Gasteiger partial charge is 0.449 e. The Labute approximate surface area is 144 Å². The number of ether oxygens (including phenoxy) is 1. The van der Waals surface area contributed by atoms with Crippen LogP contribution in [0.4, 0.5) is 4.39 Å². The molecule has 1 aromatic carbocycles. The van der Waals surface area contributed by atoms with Crippen LogP contribution in [0.3, 0.4) is 0 Å². The zero-order valence-corrected chi connectivity index (χ0v) is 14.0. The molecular weight excluding hydrogens is 381 g/mol. The summed E-state index contributed by atoms with van der Waals surface area (Å²) in [7, 11) is 0. The molecule has 0 N–H and O–H groups in total. The molecule has 1 atom stereocenters. The molecule has 8 heteroatoms. The first-order chi connectivity index (χ1) is 11.5. The van der Waals surface area contributed by atoms with Gasteiger partial charge >= 0.3 is 5.97 Å². The van der Waals surface area contributed by atoms with Gasteiger partial charge in [0.25, 0.3) is 5.89 Å². The van der Waals surface area contributed by atoms with Crippen molar-refractivity contribution in [1.29, 1.82) is 0 Å². The Morgan fingerprint density at radius 2 is 2.00 bits per heavy atom. The van der Waals surface area contributed by atoms with Crippen molar-refractivity contribution in [3.8, 4) is 11.5 Å². The Morgan fingerprint density at radius 3 is 2.71 bits per heavy atom. The third kappa shape index (κ3) is 3.65. The van der Waals surface area contributed by atoms with E-state index in [9.17, 15) is 9.18 Å². The van der Waals surface area contributed by atoms with Gasteiger partial charge in [-0.15, -0.1) is 10.2 Å². The zero-order valence-electron chi connectivity index (χ0n) is 12.4. The van der Waals surface area contributed by atoms with Crippen molar-refractivity contribution in [2.75, 3.05) is 0 Å². The normalized spacial score (nSPS) is 12.0. The highest BCUT2D eigenvalue weighted by molar-refractivity contribution is 9.10. The predicted octanol–water partition coefficient (Wildman–Crippen LogP) is 3.95.